The summed E-state index contributed by atoms with van der Waals surface area (Å²) in [7, 11) is 1.38. The first-order chi connectivity index (χ1) is 15.6. The van der Waals surface area contributed by atoms with E-state index in [1.54, 1.807) is 21.8 Å². The Balaban J connectivity index is 1.28. The Labute approximate surface area is 182 Å². The summed E-state index contributed by atoms with van der Waals surface area (Å²) in [5.74, 6) is 0.0462. The highest BCUT2D eigenvalue weighted by molar-refractivity contribution is 5.94. The molecule has 5 rings (SSSR count). The molecule has 1 amide bonds. The van der Waals surface area contributed by atoms with Gasteiger partial charge in [0.2, 0.25) is 5.82 Å². The fraction of sp³-hybridized carbons (Fsp3) is 0.227. The molecule has 2 aromatic heterocycles. The summed E-state index contributed by atoms with van der Waals surface area (Å²) in [4.78, 5) is 18.8. The number of likely N-dealkylation sites (tertiary alicyclic amines) is 1. The number of methoxy groups -OCH3 is 1. The van der Waals surface area contributed by atoms with Crippen LogP contribution in [0.1, 0.15) is 22.8 Å². The molecular formula is C22H19FN6O3. The monoisotopic (exact) mass is 434 g/mol. The van der Waals surface area contributed by atoms with Gasteiger partial charge in [0.05, 0.1) is 19.3 Å². The molecule has 0 saturated carbocycles. The van der Waals surface area contributed by atoms with Crippen LogP contribution in [0.15, 0.2) is 59.3 Å². The second kappa shape index (κ2) is 8.22. The first-order valence-electron chi connectivity index (χ1n) is 10.1. The van der Waals surface area contributed by atoms with Crippen LogP contribution in [0.2, 0.25) is 0 Å². The molecule has 1 unspecified atom stereocenters. The number of benzene rings is 2. The van der Waals surface area contributed by atoms with Crippen LogP contribution in [0, 0.1) is 5.82 Å². The molecule has 10 heteroatoms. The summed E-state index contributed by atoms with van der Waals surface area (Å²) in [5.41, 5.74) is 1.58. The number of carbonyl (C=O) groups excluding carboxylic acids is 1. The van der Waals surface area contributed by atoms with Gasteiger partial charge in [0.25, 0.3) is 11.8 Å². The van der Waals surface area contributed by atoms with E-state index in [1.165, 1.54) is 19.2 Å². The first-order valence-corrected chi connectivity index (χ1v) is 10.1. The van der Waals surface area contributed by atoms with Crippen molar-refractivity contribution in [1.29, 1.82) is 0 Å². The average molecular weight is 434 g/mol. The molecule has 1 atom stereocenters. The minimum absolute atomic E-state index is 0.0557. The van der Waals surface area contributed by atoms with Crippen molar-refractivity contribution in [2.24, 2.45) is 0 Å². The average Bonchev–Trinajstić information content (AvgIpc) is 3.59. The lowest BCUT2D eigenvalue weighted by molar-refractivity contribution is 0.0786. The predicted octanol–water partition coefficient (Wildman–Crippen LogP) is 3.23. The maximum atomic E-state index is 14.0. The van der Waals surface area contributed by atoms with Crippen LogP contribution in [0.4, 0.5) is 4.39 Å². The molecule has 0 spiro atoms. The Bertz CT molecular complexity index is 1260. The van der Waals surface area contributed by atoms with Crippen molar-refractivity contribution in [3.63, 3.8) is 0 Å². The van der Waals surface area contributed by atoms with Crippen LogP contribution in [0.25, 0.3) is 23.0 Å². The number of rotatable bonds is 5. The summed E-state index contributed by atoms with van der Waals surface area (Å²) in [6.07, 6.45) is 2.43. The van der Waals surface area contributed by atoms with Crippen molar-refractivity contribution in [2.75, 3.05) is 20.2 Å². The van der Waals surface area contributed by atoms with Crippen molar-refractivity contribution >= 4 is 5.91 Å². The van der Waals surface area contributed by atoms with E-state index in [9.17, 15) is 9.18 Å². The van der Waals surface area contributed by atoms with Crippen LogP contribution in [-0.4, -0.2) is 56.1 Å². The summed E-state index contributed by atoms with van der Waals surface area (Å²) < 4.78 is 25.9. The molecule has 0 aliphatic carbocycles. The number of hydrogen-bond donors (Lipinski definition) is 0. The van der Waals surface area contributed by atoms with Gasteiger partial charge in [-0.05, 0) is 24.6 Å². The van der Waals surface area contributed by atoms with Crippen LogP contribution in [0.3, 0.4) is 0 Å². The van der Waals surface area contributed by atoms with E-state index in [-0.39, 0.29) is 29.2 Å². The van der Waals surface area contributed by atoms with E-state index in [0.29, 0.717) is 31.0 Å². The lowest BCUT2D eigenvalue weighted by atomic mass is 10.2. The van der Waals surface area contributed by atoms with Crippen LogP contribution in [0.5, 0.6) is 5.75 Å². The topological polar surface area (TPSA) is 99.2 Å². The van der Waals surface area contributed by atoms with Crippen molar-refractivity contribution < 1.29 is 18.4 Å². The Morgan fingerprint density at radius 1 is 1.22 bits per heavy atom. The lowest BCUT2D eigenvalue weighted by Crippen LogP contribution is -2.29. The molecule has 162 valence electrons. The smallest absolute Gasteiger partial charge is 0.280 e. The first kappa shape index (κ1) is 19.9. The molecule has 1 aliphatic heterocycles. The van der Waals surface area contributed by atoms with Gasteiger partial charge in [-0.25, -0.2) is 9.07 Å². The summed E-state index contributed by atoms with van der Waals surface area (Å²) in [6.45, 7) is 0.972. The Hall–Kier alpha value is -4.08. The van der Waals surface area contributed by atoms with E-state index in [1.807, 2.05) is 30.3 Å². The molecule has 4 aromatic rings. The summed E-state index contributed by atoms with van der Waals surface area (Å²) in [6, 6.07) is 13.6. The van der Waals surface area contributed by atoms with Gasteiger partial charge in [-0.3, -0.25) is 4.79 Å². The molecule has 0 radical (unpaired) electrons. The van der Waals surface area contributed by atoms with E-state index < -0.39 is 5.82 Å². The molecular weight excluding hydrogens is 415 g/mol. The molecule has 9 nitrogen and oxygen atoms in total. The maximum absolute atomic E-state index is 14.0. The van der Waals surface area contributed by atoms with Crippen LogP contribution in [-0.2, 0) is 0 Å². The zero-order valence-electron chi connectivity index (χ0n) is 17.2. The molecule has 1 aliphatic rings. The van der Waals surface area contributed by atoms with Gasteiger partial charge >= 0.3 is 0 Å². The third-order valence-electron chi connectivity index (χ3n) is 5.41. The predicted molar refractivity (Wildman–Crippen MR) is 111 cm³/mol. The Morgan fingerprint density at radius 3 is 2.84 bits per heavy atom. The Morgan fingerprint density at radius 2 is 2.06 bits per heavy atom. The highest BCUT2D eigenvalue weighted by Crippen LogP contribution is 2.26. The fourth-order valence-corrected chi connectivity index (χ4v) is 3.71. The molecule has 0 bridgehead atoms. The minimum atomic E-state index is -0.565. The van der Waals surface area contributed by atoms with Crippen molar-refractivity contribution in [3.8, 4) is 28.7 Å². The normalized spacial score (nSPS) is 15.8. The van der Waals surface area contributed by atoms with Gasteiger partial charge in [-0.15, -0.1) is 5.10 Å². The number of hydrogen-bond acceptors (Lipinski definition) is 7. The van der Waals surface area contributed by atoms with Gasteiger partial charge in [0.15, 0.2) is 17.3 Å². The van der Waals surface area contributed by atoms with Crippen LogP contribution >= 0.6 is 0 Å². The minimum Gasteiger partial charge on any atom is -0.494 e. The zero-order chi connectivity index (χ0) is 22.1. The largest absolute Gasteiger partial charge is 0.494 e. The molecule has 32 heavy (non-hydrogen) atoms. The van der Waals surface area contributed by atoms with Crippen molar-refractivity contribution in [2.45, 2.75) is 12.5 Å². The van der Waals surface area contributed by atoms with E-state index in [4.69, 9.17) is 9.26 Å². The third-order valence-corrected chi connectivity index (χ3v) is 5.41. The second-order valence-corrected chi connectivity index (χ2v) is 7.42. The Kier molecular flexibility index (Phi) is 5.10. The van der Waals surface area contributed by atoms with Gasteiger partial charge in [0.1, 0.15) is 0 Å². The van der Waals surface area contributed by atoms with Crippen molar-refractivity contribution in [3.05, 3.63) is 66.1 Å². The van der Waals surface area contributed by atoms with E-state index in [2.05, 4.69) is 20.5 Å². The number of halogens is 1. The number of amides is 1. The van der Waals surface area contributed by atoms with E-state index >= 15 is 0 Å². The summed E-state index contributed by atoms with van der Waals surface area (Å²) in [5, 5.41) is 12.3. The SMILES string of the molecule is COc1ccc(C(=O)N2CCC(n3cc(-c4nc(-c5ccccc5)no4)nn3)C2)cc1F. The quantitative estimate of drug-likeness (QED) is 0.475. The lowest BCUT2D eigenvalue weighted by Gasteiger charge is -2.17. The van der Waals surface area contributed by atoms with Gasteiger partial charge in [0, 0.05) is 24.2 Å². The van der Waals surface area contributed by atoms with Gasteiger partial charge < -0.3 is 14.2 Å². The highest BCUT2D eigenvalue weighted by atomic mass is 19.1. The van der Waals surface area contributed by atoms with Crippen molar-refractivity contribution in [1.82, 2.24) is 30.0 Å². The summed E-state index contributed by atoms with van der Waals surface area (Å²) >= 11 is 0. The van der Waals surface area contributed by atoms with Crippen LogP contribution < -0.4 is 4.74 Å². The van der Waals surface area contributed by atoms with Gasteiger partial charge in [-0.2, -0.15) is 4.98 Å². The second-order valence-electron chi connectivity index (χ2n) is 7.42. The number of ether oxygens (including phenoxy) is 1. The zero-order valence-corrected chi connectivity index (χ0v) is 17.2. The molecule has 1 fully saturated rings. The van der Waals surface area contributed by atoms with Gasteiger partial charge in [-0.1, -0.05) is 40.7 Å². The standard InChI is InChI=1S/C22H19FN6O3/c1-31-19-8-7-15(11-17(19)23)22(30)28-10-9-16(12-28)29-13-18(25-27-29)21-24-20(26-32-21)14-5-3-2-4-6-14/h2-8,11,13,16H,9-10,12H2,1H3. The molecule has 0 N–H and O–H groups in total. The highest BCUT2D eigenvalue weighted by Gasteiger charge is 2.30. The number of carbonyl (C=O) groups is 1. The molecule has 3 heterocycles. The maximum Gasteiger partial charge on any atom is 0.280 e. The third kappa shape index (κ3) is 3.70. The molecule has 2 aromatic carbocycles. The molecule has 1 saturated heterocycles. The van der Waals surface area contributed by atoms with E-state index in [0.717, 1.165) is 5.56 Å². The number of nitrogens with zero attached hydrogens (tertiary/aromatic N) is 6. The fourth-order valence-electron chi connectivity index (χ4n) is 3.71. The number of aromatic nitrogens is 5.